The molecular formula is C2H6NaO2+. The Balaban J connectivity index is 0. The first-order valence-electron chi connectivity index (χ1n) is 1.13. The third-order valence-electron chi connectivity index (χ3n) is 0.1000. The summed E-state index contributed by atoms with van der Waals surface area (Å²) in [6.07, 6.45) is 0. The minimum Gasteiger partial charge on any atom is -0.394 e. The van der Waals surface area contributed by atoms with Gasteiger partial charge in [-0.2, -0.15) is 0 Å². The molecule has 26 valence electrons. The minimum absolute atomic E-state index is 0. The average molecular weight is 85.1 g/mol. The molecule has 0 radical (unpaired) electrons. The zero-order valence-corrected chi connectivity index (χ0v) is 5.31. The Bertz CT molecular complexity index is 9.61. The van der Waals surface area contributed by atoms with E-state index < -0.39 is 0 Å². The van der Waals surface area contributed by atoms with Gasteiger partial charge in [-0.25, -0.2) is 0 Å². The number of aliphatic hydroxyl groups is 2. The van der Waals surface area contributed by atoms with Crippen molar-refractivity contribution in [3.8, 4) is 0 Å². The van der Waals surface area contributed by atoms with Gasteiger partial charge in [0.2, 0.25) is 0 Å². The zero-order valence-electron chi connectivity index (χ0n) is 3.31. The van der Waals surface area contributed by atoms with Crippen molar-refractivity contribution < 1.29 is 39.8 Å². The smallest absolute Gasteiger partial charge is 0.394 e. The Morgan fingerprint density at radius 2 is 1.20 bits per heavy atom. The van der Waals surface area contributed by atoms with Crippen LogP contribution in [0.3, 0.4) is 0 Å². The van der Waals surface area contributed by atoms with E-state index in [1.54, 1.807) is 0 Å². The number of aliphatic hydroxyl groups excluding tert-OH is 2. The molecule has 0 fully saturated rings. The molecule has 0 aromatic carbocycles. The fourth-order valence-corrected chi connectivity index (χ4v) is 0. The fourth-order valence-electron chi connectivity index (χ4n) is 0. The van der Waals surface area contributed by atoms with Gasteiger partial charge in [-0.05, 0) is 0 Å². The third kappa shape index (κ3) is 11.4. The second-order valence-corrected chi connectivity index (χ2v) is 0.447. The van der Waals surface area contributed by atoms with Crippen LogP contribution in [0.1, 0.15) is 0 Å². The van der Waals surface area contributed by atoms with Gasteiger partial charge in [-0.3, -0.25) is 0 Å². The van der Waals surface area contributed by atoms with E-state index in [4.69, 9.17) is 10.2 Å². The van der Waals surface area contributed by atoms with Gasteiger partial charge >= 0.3 is 29.6 Å². The molecule has 0 amide bonds. The maximum atomic E-state index is 7.62. The molecule has 2 nitrogen and oxygen atoms in total. The second kappa shape index (κ2) is 8.87. The summed E-state index contributed by atoms with van der Waals surface area (Å²) in [4.78, 5) is 0. The van der Waals surface area contributed by atoms with Gasteiger partial charge in [-0.1, -0.05) is 0 Å². The Labute approximate surface area is 53.1 Å². The van der Waals surface area contributed by atoms with Gasteiger partial charge in [0.25, 0.3) is 0 Å². The van der Waals surface area contributed by atoms with Crippen LogP contribution in [0, 0.1) is 0 Å². The molecule has 0 atom stereocenters. The topological polar surface area (TPSA) is 40.5 Å². The maximum Gasteiger partial charge on any atom is 1.00 e. The van der Waals surface area contributed by atoms with E-state index in [1.165, 1.54) is 0 Å². The molecular weight excluding hydrogens is 79.0 g/mol. The maximum absolute atomic E-state index is 7.62. The van der Waals surface area contributed by atoms with Gasteiger partial charge in [0.1, 0.15) is 0 Å². The van der Waals surface area contributed by atoms with Crippen LogP contribution >= 0.6 is 0 Å². The van der Waals surface area contributed by atoms with Crippen molar-refractivity contribution >= 4 is 0 Å². The molecule has 0 heterocycles. The normalized spacial score (nSPS) is 6.00. The van der Waals surface area contributed by atoms with Crippen molar-refractivity contribution in [3.05, 3.63) is 0 Å². The number of rotatable bonds is 1. The van der Waals surface area contributed by atoms with Crippen LogP contribution in [0.4, 0.5) is 0 Å². The van der Waals surface area contributed by atoms with Crippen LogP contribution < -0.4 is 29.6 Å². The van der Waals surface area contributed by atoms with Crippen molar-refractivity contribution in [3.63, 3.8) is 0 Å². The third-order valence-corrected chi connectivity index (χ3v) is 0.1000. The average Bonchev–Trinajstić information content (AvgIpc) is 1.37. The van der Waals surface area contributed by atoms with Crippen molar-refractivity contribution in [1.82, 2.24) is 0 Å². The van der Waals surface area contributed by atoms with Gasteiger partial charge < -0.3 is 10.2 Å². The van der Waals surface area contributed by atoms with E-state index in [-0.39, 0.29) is 42.8 Å². The van der Waals surface area contributed by atoms with Crippen LogP contribution in [0.2, 0.25) is 0 Å². The summed E-state index contributed by atoms with van der Waals surface area (Å²) >= 11 is 0. The van der Waals surface area contributed by atoms with E-state index in [0.29, 0.717) is 0 Å². The molecule has 0 aromatic heterocycles. The predicted octanol–water partition coefficient (Wildman–Crippen LogP) is -4.02. The summed E-state index contributed by atoms with van der Waals surface area (Å²) in [6.45, 7) is -0.250. The second-order valence-electron chi connectivity index (χ2n) is 0.447. The Morgan fingerprint density at radius 1 is 1.00 bits per heavy atom. The Hall–Kier alpha value is 0.920. The molecule has 2 N–H and O–H groups in total. The number of hydrogen-bond donors (Lipinski definition) is 2. The van der Waals surface area contributed by atoms with Crippen LogP contribution in [-0.2, 0) is 0 Å². The molecule has 0 unspecified atom stereocenters. The monoisotopic (exact) mass is 85.0 g/mol. The Kier molecular flexibility index (Phi) is 16.5. The first kappa shape index (κ1) is 9.33. The summed E-state index contributed by atoms with van der Waals surface area (Å²) < 4.78 is 0. The van der Waals surface area contributed by atoms with Crippen molar-refractivity contribution in [2.75, 3.05) is 13.2 Å². The van der Waals surface area contributed by atoms with E-state index in [2.05, 4.69) is 0 Å². The summed E-state index contributed by atoms with van der Waals surface area (Å²) in [7, 11) is 0. The molecule has 0 aliphatic heterocycles. The molecule has 0 saturated heterocycles. The first-order chi connectivity index (χ1) is 1.91. The predicted molar refractivity (Wildman–Crippen MR) is 14.2 cm³/mol. The molecule has 0 spiro atoms. The van der Waals surface area contributed by atoms with Crippen molar-refractivity contribution in [2.24, 2.45) is 0 Å². The van der Waals surface area contributed by atoms with Crippen molar-refractivity contribution in [2.45, 2.75) is 0 Å². The van der Waals surface area contributed by atoms with Gasteiger partial charge in [0, 0.05) is 0 Å². The SMILES string of the molecule is OCCO.[Na+]. The molecule has 0 aliphatic carbocycles. The van der Waals surface area contributed by atoms with Gasteiger partial charge in [0.15, 0.2) is 0 Å². The molecule has 0 saturated carbocycles. The fraction of sp³-hybridized carbons (Fsp3) is 1.00. The Morgan fingerprint density at radius 3 is 1.20 bits per heavy atom. The summed E-state index contributed by atoms with van der Waals surface area (Å²) in [5.41, 5.74) is 0. The summed E-state index contributed by atoms with van der Waals surface area (Å²) in [5.74, 6) is 0. The molecule has 0 rings (SSSR count). The number of hydrogen-bond acceptors (Lipinski definition) is 2. The van der Waals surface area contributed by atoms with Crippen LogP contribution in [-0.4, -0.2) is 23.4 Å². The van der Waals surface area contributed by atoms with E-state index in [0.717, 1.165) is 0 Å². The molecule has 0 bridgehead atoms. The molecule has 0 aliphatic rings. The summed E-state index contributed by atoms with van der Waals surface area (Å²) in [6, 6.07) is 0. The molecule has 0 aromatic rings. The zero-order chi connectivity index (χ0) is 3.41. The minimum atomic E-state index is -0.125. The first-order valence-corrected chi connectivity index (χ1v) is 1.13. The largest absolute Gasteiger partial charge is 1.00 e. The molecule has 5 heavy (non-hydrogen) atoms. The van der Waals surface area contributed by atoms with Gasteiger partial charge in [-0.15, -0.1) is 0 Å². The van der Waals surface area contributed by atoms with E-state index >= 15 is 0 Å². The quantitative estimate of drug-likeness (QED) is 0.318. The van der Waals surface area contributed by atoms with Gasteiger partial charge in [0.05, 0.1) is 13.2 Å². The van der Waals surface area contributed by atoms with Crippen LogP contribution in [0.15, 0.2) is 0 Å². The van der Waals surface area contributed by atoms with Crippen LogP contribution in [0.5, 0.6) is 0 Å². The van der Waals surface area contributed by atoms with E-state index in [9.17, 15) is 0 Å². The standard InChI is InChI=1S/C2H6O2.Na/c3-1-2-4;/h3-4H,1-2H2;/q;+1. The van der Waals surface area contributed by atoms with Crippen LogP contribution in [0.25, 0.3) is 0 Å². The molecule has 3 heteroatoms. The van der Waals surface area contributed by atoms with E-state index in [1.807, 2.05) is 0 Å². The van der Waals surface area contributed by atoms with Crippen molar-refractivity contribution in [1.29, 1.82) is 0 Å². The summed E-state index contributed by atoms with van der Waals surface area (Å²) in [5, 5.41) is 15.2.